The van der Waals surface area contributed by atoms with Gasteiger partial charge in [-0.1, -0.05) is 13.8 Å². The van der Waals surface area contributed by atoms with E-state index in [0.29, 0.717) is 32.9 Å². The molecule has 9 heteroatoms. The number of aromatic nitrogens is 1. The average molecular weight is 407 g/mol. The Morgan fingerprint density at radius 1 is 1.41 bits per heavy atom. The van der Waals surface area contributed by atoms with Crippen LogP contribution in [0.3, 0.4) is 0 Å². The van der Waals surface area contributed by atoms with Gasteiger partial charge in [0.2, 0.25) is 0 Å². The van der Waals surface area contributed by atoms with E-state index in [-0.39, 0.29) is 23.7 Å². The summed E-state index contributed by atoms with van der Waals surface area (Å²) in [5.74, 6) is -0.970. The van der Waals surface area contributed by atoms with Gasteiger partial charge in [-0.2, -0.15) is 0 Å². The lowest BCUT2D eigenvalue weighted by molar-refractivity contribution is -0.115. The van der Waals surface area contributed by atoms with Crippen molar-refractivity contribution in [3.8, 4) is 16.3 Å². The summed E-state index contributed by atoms with van der Waals surface area (Å²) in [6.45, 7) is 4.17. The molecule has 1 saturated heterocycles. The van der Waals surface area contributed by atoms with Crippen LogP contribution in [0.25, 0.3) is 16.6 Å². The fourth-order valence-corrected chi connectivity index (χ4v) is 3.75. The fraction of sp³-hybridized carbons (Fsp3) is 0.278. The van der Waals surface area contributed by atoms with Crippen LogP contribution < -0.4 is 5.32 Å². The van der Waals surface area contributed by atoms with Gasteiger partial charge in [-0.3, -0.25) is 9.79 Å². The Morgan fingerprint density at radius 2 is 2.19 bits per heavy atom. The largest absolute Gasteiger partial charge is 0.507 e. The van der Waals surface area contributed by atoms with Crippen LogP contribution in [0.4, 0.5) is 4.39 Å². The molecule has 27 heavy (non-hydrogen) atoms. The second kappa shape index (κ2) is 7.79. The number of hydrogen-bond acceptors (Lipinski definition) is 7. The van der Waals surface area contributed by atoms with Gasteiger partial charge < -0.3 is 15.5 Å². The fourth-order valence-electron chi connectivity index (χ4n) is 2.13. The number of thiazole rings is 1. The number of carbonyl (C=O) groups excluding carboxylic acids is 1. The number of phenols is 1. The molecule has 0 saturated carbocycles. The second-order valence-electron chi connectivity index (χ2n) is 6.75. The lowest BCUT2D eigenvalue weighted by Gasteiger charge is -2.18. The van der Waals surface area contributed by atoms with Gasteiger partial charge >= 0.3 is 0 Å². The molecular formula is C18H18FN3O3S2. The van der Waals surface area contributed by atoms with Crippen LogP contribution in [-0.4, -0.2) is 39.4 Å². The average Bonchev–Trinajstić information content (AvgIpc) is 3.21. The monoisotopic (exact) mass is 407 g/mol. The minimum Gasteiger partial charge on any atom is -0.507 e. The Labute approximate surface area is 163 Å². The molecule has 1 aliphatic rings. The first-order valence-electron chi connectivity index (χ1n) is 8.08. The smallest absolute Gasteiger partial charge is 0.264 e. The molecule has 0 unspecified atom stereocenters. The van der Waals surface area contributed by atoms with Crippen LogP contribution in [0.15, 0.2) is 33.5 Å². The van der Waals surface area contributed by atoms with Crippen LogP contribution >= 0.6 is 23.1 Å². The third kappa shape index (κ3) is 4.74. The van der Waals surface area contributed by atoms with Crippen molar-refractivity contribution in [1.29, 1.82) is 0 Å². The van der Waals surface area contributed by atoms with Crippen molar-refractivity contribution in [2.45, 2.75) is 13.8 Å². The predicted molar refractivity (Wildman–Crippen MR) is 106 cm³/mol. The van der Waals surface area contributed by atoms with Gasteiger partial charge in [-0.15, -0.1) is 11.3 Å². The lowest BCUT2D eigenvalue weighted by atomic mass is 9.95. The number of amidine groups is 1. The maximum atomic E-state index is 13.1. The number of halogens is 1. The predicted octanol–water partition coefficient (Wildman–Crippen LogP) is 3.23. The number of thioether (sulfide) groups is 1. The highest BCUT2D eigenvalue weighted by molar-refractivity contribution is 8.18. The minimum atomic E-state index is -0.523. The number of aliphatic imine (C=N–C) groups is 1. The number of phenolic OH excluding ortho intramolecular Hbond substituents is 1. The van der Waals surface area contributed by atoms with E-state index in [9.17, 15) is 19.4 Å². The topological polar surface area (TPSA) is 94.8 Å². The number of carbonyl (C=O) groups is 1. The van der Waals surface area contributed by atoms with Crippen molar-refractivity contribution in [3.05, 3.63) is 40.0 Å². The summed E-state index contributed by atoms with van der Waals surface area (Å²) in [5.41, 5.74) is 0.641. The molecule has 1 aromatic heterocycles. The Bertz CT molecular complexity index is 938. The number of aliphatic hydroxyl groups excluding tert-OH is 1. The molecule has 142 valence electrons. The number of benzene rings is 1. The van der Waals surface area contributed by atoms with Crippen molar-refractivity contribution in [2.24, 2.45) is 10.4 Å². The Hall–Kier alpha value is -2.23. The number of nitrogens with one attached hydrogen (secondary N) is 1. The van der Waals surface area contributed by atoms with E-state index in [2.05, 4.69) is 15.3 Å². The van der Waals surface area contributed by atoms with Crippen molar-refractivity contribution in [3.63, 3.8) is 0 Å². The molecule has 2 aromatic rings. The highest BCUT2D eigenvalue weighted by Gasteiger charge is 2.25. The van der Waals surface area contributed by atoms with Crippen LogP contribution in [0.2, 0.25) is 0 Å². The second-order valence-corrected chi connectivity index (χ2v) is 8.64. The maximum absolute atomic E-state index is 13.1. The quantitative estimate of drug-likeness (QED) is 0.662. The van der Waals surface area contributed by atoms with Gasteiger partial charge in [0.1, 0.15) is 16.6 Å². The minimum absolute atomic E-state index is 0.00290. The third-order valence-electron chi connectivity index (χ3n) is 3.72. The molecule has 3 N–H and O–H groups in total. The van der Waals surface area contributed by atoms with Gasteiger partial charge in [0, 0.05) is 30.0 Å². The van der Waals surface area contributed by atoms with Crippen LogP contribution in [0, 0.1) is 11.2 Å². The van der Waals surface area contributed by atoms with Gasteiger partial charge in [0.25, 0.3) is 5.91 Å². The van der Waals surface area contributed by atoms with Gasteiger partial charge in [0.15, 0.2) is 5.17 Å². The molecular weight excluding hydrogens is 389 g/mol. The summed E-state index contributed by atoms with van der Waals surface area (Å²) in [6, 6.07) is 3.75. The molecule has 2 heterocycles. The van der Waals surface area contributed by atoms with Crippen molar-refractivity contribution in [1.82, 2.24) is 10.3 Å². The summed E-state index contributed by atoms with van der Waals surface area (Å²) in [5, 5.41) is 24.6. The zero-order valence-electron chi connectivity index (χ0n) is 14.7. The van der Waals surface area contributed by atoms with Crippen molar-refractivity contribution < 1.29 is 19.4 Å². The normalized spacial score (nSPS) is 17.7. The number of aromatic hydroxyl groups is 1. The number of hydrogen-bond donors (Lipinski definition) is 3. The molecule has 3 rings (SSSR count). The summed E-state index contributed by atoms with van der Waals surface area (Å²) < 4.78 is 13.1. The highest BCUT2D eigenvalue weighted by atomic mass is 32.2. The molecule has 0 radical (unpaired) electrons. The summed E-state index contributed by atoms with van der Waals surface area (Å²) >= 11 is 2.50. The Balaban J connectivity index is 1.77. The van der Waals surface area contributed by atoms with Crippen LogP contribution in [0.1, 0.15) is 19.5 Å². The standard InChI is InChI=1S/C18H18FN3O3S2/c1-18(2,9-23)8-20-17-22-15(25)14(27-17)6-11-7-26-16(21-11)12-4-3-10(19)5-13(12)24/h3-7,23-24H,8-9H2,1-2H3,(H,20,22,25)/b14-6-. The van der Waals surface area contributed by atoms with Gasteiger partial charge in [-0.05, 0) is 30.0 Å². The van der Waals surface area contributed by atoms with Gasteiger partial charge in [0.05, 0.1) is 16.2 Å². The van der Waals surface area contributed by atoms with Crippen molar-refractivity contribution >= 4 is 40.2 Å². The molecule has 1 aromatic carbocycles. The van der Waals surface area contributed by atoms with Crippen LogP contribution in [-0.2, 0) is 4.79 Å². The molecule has 1 amide bonds. The van der Waals surface area contributed by atoms with E-state index >= 15 is 0 Å². The van der Waals surface area contributed by atoms with E-state index in [0.717, 1.165) is 6.07 Å². The maximum Gasteiger partial charge on any atom is 0.264 e. The lowest BCUT2D eigenvalue weighted by Crippen LogP contribution is -2.24. The summed E-state index contributed by atoms with van der Waals surface area (Å²) in [7, 11) is 0. The summed E-state index contributed by atoms with van der Waals surface area (Å²) in [4.78, 5) is 21.3. The van der Waals surface area contributed by atoms with E-state index in [4.69, 9.17) is 0 Å². The van der Waals surface area contributed by atoms with E-state index in [1.54, 1.807) is 11.5 Å². The number of amides is 1. The van der Waals surface area contributed by atoms with Crippen molar-refractivity contribution in [2.75, 3.05) is 13.2 Å². The third-order valence-corrected chi connectivity index (χ3v) is 5.56. The Kier molecular flexibility index (Phi) is 5.64. The first kappa shape index (κ1) is 19.5. The number of aliphatic hydroxyl groups is 1. The zero-order chi connectivity index (χ0) is 19.6. The molecule has 0 spiro atoms. The van der Waals surface area contributed by atoms with Gasteiger partial charge in [-0.25, -0.2) is 9.37 Å². The molecule has 0 aliphatic carbocycles. The first-order valence-corrected chi connectivity index (χ1v) is 9.78. The van der Waals surface area contributed by atoms with E-state index in [1.807, 2.05) is 13.8 Å². The Morgan fingerprint density at radius 3 is 2.89 bits per heavy atom. The number of rotatable bonds is 5. The molecule has 6 nitrogen and oxygen atoms in total. The van der Waals surface area contributed by atoms with E-state index in [1.165, 1.54) is 35.2 Å². The van der Waals surface area contributed by atoms with Crippen LogP contribution in [0.5, 0.6) is 5.75 Å². The zero-order valence-corrected chi connectivity index (χ0v) is 16.3. The highest BCUT2D eigenvalue weighted by Crippen LogP contribution is 2.33. The molecule has 1 aliphatic heterocycles. The number of nitrogens with zero attached hydrogens (tertiary/aromatic N) is 2. The molecule has 1 fully saturated rings. The molecule has 0 bridgehead atoms. The first-order chi connectivity index (χ1) is 12.8. The molecule has 0 atom stereocenters. The van der Waals surface area contributed by atoms with E-state index < -0.39 is 5.82 Å². The SMILES string of the molecule is CC(C)(CO)CN=C1NC(=O)/C(=C/c2csc(-c3ccc(F)cc3O)n2)S1. The summed E-state index contributed by atoms with van der Waals surface area (Å²) in [6.07, 6.45) is 1.64.